The van der Waals surface area contributed by atoms with Gasteiger partial charge in [-0.3, -0.25) is 9.59 Å². The molecule has 3 aromatic rings. The van der Waals surface area contributed by atoms with Crippen LogP contribution in [-0.2, 0) is 38.9 Å². The van der Waals surface area contributed by atoms with Crippen LogP contribution in [0.4, 0.5) is 5.82 Å². The van der Waals surface area contributed by atoms with Gasteiger partial charge in [-0.05, 0) is 25.0 Å². The molecule has 1 fully saturated rings. The van der Waals surface area contributed by atoms with Crippen molar-refractivity contribution in [2.24, 2.45) is 0 Å². The molecule has 0 bridgehead atoms. The fraction of sp³-hybridized carbons (Fsp3) is 0.429. The third kappa shape index (κ3) is 4.31. The number of anilines is 1. The molecule has 1 atom stereocenters. The highest BCUT2D eigenvalue weighted by atomic mass is 32.2. The maximum Gasteiger partial charge on any atom is 0.245 e. The van der Waals surface area contributed by atoms with E-state index >= 15 is 0 Å². The first-order chi connectivity index (χ1) is 15.2. The van der Waals surface area contributed by atoms with Crippen molar-refractivity contribution in [3.05, 3.63) is 41.9 Å². The van der Waals surface area contributed by atoms with Crippen LogP contribution in [0.1, 0.15) is 24.1 Å². The highest BCUT2D eigenvalue weighted by molar-refractivity contribution is 7.98. The number of nitrogens with zero attached hydrogens (tertiary/aromatic N) is 4. The summed E-state index contributed by atoms with van der Waals surface area (Å²) in [4.78, 5) is 29.6. The number of carbonyl (C=O) groups is 2. The zero-order valence-corrected chi connectivity index (χ0v) is 17.9. The lowest BCUT2D eigenvalue weighted by atomic mass is 10.2. The monoisotopic (exact) mass is 440 g/mol. The van der Waals surface area contributed by atoms with Gasteiger partial charge < -0.3 is 19.9 Å². The average molecular weight is 441 g/mol. The van der Waals surface area contributed by atoms with Gasteiger partial charge in [0.05, 0.1) is 29.2 Å². The van der Waals surface area contributed by atoms with Gasteiger partial charge in [-0.1, -0.05) is 12.1 Å². The van der Waals surface area contributed by atoms with Crippen molar-refractivity contribution in [2.75, 3.05) is 18.5 Å². The topological polar surface area (TPSA) is 103 Å². The summed E-state index contributed by atoms with van der Waals surface area (Å²) in [7, 11) is 0. The number of ether oxygens (including phenoxy) is 1. The molecule has 162 valence electrons. The van der Waals surface area contributed by atoms with Crippen molar-refractivity contribution in [3.8, 4) is 0 Å². The molecule has 31 heavy (non-hydrogen) atoms. The van der Waals surface area contributed by atoms with E-state index in [9.17, 15) is 9.59 Å². The Balaban J connectivity index is 1.28. The van der Waals surface area contributed by atoms with Crippen molar-refractivity contribution in [2.45, 2.75) is 43.5 Å². The van der Waals surface area contributed by atoms with Gasteiger partial charge >= 0.3 is 0 Å². The van der Waals surface area contributed by atoms with E-state index in [0.717, 1.165) is 53.2 Å². The smallest absolute Gasteiger partial charge is 0.245 e. The Kier molecular flexibility index (Phi) is 5.65. The van der Waals surface area contributed by atoms with Crippen molar-refractivity contribution >= 4 is 40.4 Å². The summed E-state index contributed by atoms with van der Waals surface area (Å²) >= 11 is 1.75. The van der Waals surface area contributed by atoms with Crippen LogP contribution in [0.15, 0.2) is 30.6 Å². The number of benzene rings is 1. The number of aromatic nitrogens is 4. The summed E-state index contributed by atoms with van der Waals surface area (Å²) in [6.45, 7) is 1.46. The fourth-order valence-corrected chi connectivity index (χ4v) is 5.04. The lowest BCUT2D eigenvalue weighted by molar-refractivity contribution is -0.122. The normalized spacial score (nSPS) is 17.7. The lowest BCUT2D eigenvalue weighted by Crippen LogP contribution is -2.34. The van der Waals surface area contributed by atoms with Gasteiger partial charge in [0.1, 0.15) is 18.9 Å². The van der Waals surface area contributed by atoms with Crippen LogP contribution in [-0.4, -0.2) is 50.4 Å². The molecule has 1 aromatic carbocycles. The number of fused-ring (bicyclic) bond motifs is 2. The number of hydrogen-bond donors (Lipinski definition) is 2. The maximum absolute atomic E-state index is 12.8. The average Bonchev–Trinajstić information content (AvgIpc) is 3.54. The molecule has 2 aliphatic rings. The molecule has 5 rings (SSSR count). The molecule has 2 aromatic heterocycles. The molecule has 2 amide bonds. The van der Waals surface area contributed by atoms with Crippen LogP contribution in [0.5, 0.6) is 0 Å². The number of nitrogens with one attached hydrogen (secondary N) is 2. The Labute approximate surface area is 183 Å². The molecule has 4 heterocycles. The molecule has 2 aliphatic heterocycles. The zero-order valence-electron chi connectivity index (χ0n) is 17.0. The highest BCUT2D eigenvalue weighted by Crippen LogP contribution is 2.34. The second kappa shape index (κ2) is 8.72. The summed E-state index contributed by atoms with van der Waals surface area (Å²) in [5, 5.41) is 10.5. The van der Waals surface area contributed by atoms with E-state index in [1.807, 2.05) is 28.8 Å². The van der Waals surface area contributed by atoms with E-state index in [0.29, 0.717) is 12.4 Å². The third-order valence-corrected chi connectivity index (χ3v) is 6.53. The highest BCUT2D eigenvalue weighted by Gasteiger charge is 2.25. The number of hydrogen-bond acceptors (Lipinski definition) is 6. The molecule has 0 spiro atoms. The summed E-state index contributed by atoms with van der Waals surface area (Å²) in [5.74, 6) is 1.86. The number of amides is 2. The minimum atomic E-state index is -0.177. The molecule has 1 saturated heterocycles. The van der Waals surface area contributed by atoms with E-state index < -0.39 is 0 Å². The predicted molar refractivity (Wildman–Crippen MR) is 118 cm³/mol. The first-order valence-corrected chi connectivity index (χ1v) is 11.6. The Morgan fingerprint density at radius 2 is 2.10 bits per heavy atom. The van der Waals surface area contributed by atoms with Gasteiger partial charge in [-0.2, -0.15) is 16.9 Å². The minimum absolute atomic E-state index is 0.0635. The number of imidazole rings is 1. The Morgan fingerprint density at radius 1 is 1.19 bits per heavy atom. The van der Waals surface area contributed by atoms with Gasteiger partial charge in [-0.15, -0.1) is 0 Å². The zero-order chi connectivity index (χ0) is 21.2. The number of thioether (sulfide) groups is 1. The largest absolute Gasteiger partial charge is 0.376 e. The Hall–Kier alpha value is -2.85. The molecule has 1 unspecified atom stereocenters. The molecular formula is C21H24N6O3S. The summed E-state index contributed by atoms with van der Waals surface area (Å²) in [6.07, 6.45) is 3.76. The van der Waals surface area contributed by atoms with Crippen LogP contribution in [0.25, 0.3) is 11.0 Å². The van der Waals surface area contributed by atoms with Crippen molar-refractivity contribution in [3.63, 3.8) is 0 Å². The number of rotatable bonds is 7. The van der Waals surface area contributed by atoms with Gasteiger partial charge in [0.2, 0.25) is 11.8 Å². The van der Waals surface area contributed by atoms with Crippen LogP contribution in [0.2, 0.25) is 0 Å². The first kappa shape index (κ1) is 20.1. The van der Waals surface area contributed by atoms with E-state index in [4.69, 9.17) is 4.74 Å². The second-order valence-corrected chi connectivity index (χ2v) is 8.76. The molecule has 0 radical (unpaired) electrons. The van der Waals surface area contributed by atoms with Gasteiger partial charge in [0.25, 0.3) is 0 Å². The Bertz CT molecular complexity index is 1120. The van der Waals surface area contributed by atoms with Gasteiger partial charge in [0.15, 0.2) is 0 Å². The van der Waals surface area contributed by atoms with E-state index in [2.05, 4.69) is 20.7 Å². The molecule has 0 saturated carbocycles. The summed E-state index contributed by atoms with van der Waals surface area (Å²) in [6, 6.07) is 7.70. The van der Waals surface area contributed by atoms with Crippen LogP contribution in [0.3, 0.4) is 0 Å². The summed E-state index contributed by atoms with van der Waals surface area (Å²) < 4.78 is 8.98. The molecule has 10 heteroatoms. The third-order valence-electron chi connectivity index (χ3n) is 5.56. The van der Waals surface area contributed by atoms with Crippen LogP contribution >= 0.6 is 11.8 Å². The van der Waals surface area contributed by atoms with Gasteiger partial charge in [-0.25, -0.2) is 9.67 Å². The lowest BCUT2D eigenvalue weighted by Gasteiger charge is -2.13. The SMILES string of the molecule is O=C(Cn1nc2c(c1NC(=O)Cn1cnc3ccccc31)CSC2)NCC1CCCO1. The van der Waals surface area contributed by atoms with Crippen molar-refractivity contribution < 1.29 is 14.3 Å². The van der Waals surface area contributed by atoms with Crippen LogP contribution < -0.4 is 10.6 Å². The standard InChI is InChI=1S/C21H24N6O3S/c28-19(22-8-14-4-3-7-30-14)10-27-21(15-11-31-12-17(15)25-27)24-20(29)9-26-13-23-16-5-1-2-6-18(16)26/h1-2,5-6,13-14H,3-4,7-12H2,(H,22,28)(H,24,29). The van der Waals surface area contributed by atoms with Crippen molar-refractivity contribution in [1.82, 2.24) is 24.6 Å². The molecule has 0 aliphatic carbocycles. The van der Waals surface area contributed by atoms with E-state index in [1.54, 1.807) is 22.8 Å². The first-order valence-electron chi connectivity index (χ1n) is 10.4. The van der Waals surface area contributed by atoms with Crippen LogP contribution in [0, 0.1) is 0 Å². The van der Waals surface area contributed by atoms with Gasteiger partial charge in [0, 0.05) is 30.2 Å². The number of carbonyl (C=O) groups excluding carboxylic acids is 2. The minimum Gasteiger partial charge on any atom is -0.376 e. The maximum atomic E-state index is 12.8. The van der Waals surface area contributed by atoms with E-state index in [-0.39, 0.29) is 31.0 Å². The molecule has 2 N–H and O–H groups in total. The Morgan fingerprint density at radius 3 is 2.97 bits per heavy atom. The molecule has 9 nitrogen and oxygen atoms in total. The predicted octanol–water partition coefficient (Wildman–Crippen LogP) is 1.91. The van der Waals surface area contributed by atoms with E-state index in [1.165, 1.54) is 0 Å². The van der Waals surface area contributed by atoms with Crippen molar-refractivity contribution in [1.29, 1.82) is 0 Å². The second-order valence-electron chi connectivity index (χ2n) is 7.77. The molecular weight excluding hydrogens is 416 g/mol. The fourth-order valence-electron chi connectivity index (χ4n) is 4.01. The summed E-state index contributed by atoms with van der Waals surface area (Å²) in [5.41, 5.74) is 3.68. The quantitative estimate of drug-likeness (QED) is 0.582. The number of para-hydroxylation sites is 2.